The van der Waals surface area contributed by atoms with Gasteiger partial charge in [0, 0.05) is 18.9 Å². The lowest BCUT2D eigenvalue weighted by Gasteiger charge is -2.06. The molecule has 1 aromatic heterocycles. The quantitative estimate of drug-likeness (QED) is 0.810. The standard InChI is InChI=1S/C12H21N3/c1-8(2)12-14-10(11(13)15(12)3)9-6-4-5-7-9/h8-9H,4-7,13H2,1-3H3. The highest BCUT2D eigenvalue weighted by Gasteiger charge is 2.24. The van der Waals surface area contributed by atoms with Crippen LogP contribution in [0.4, 0.5) is 5.82 Å². The van der Waals surface area contributed by atoms with Crippen molar-refractivity contribution >= 4 is 5.82 Å². The first kappa shape index (κ1) is 10.5. The van der Waals surface area contributed by atoms with E-state index in [4.69, 9.17) is 10.7 Å². The molecule has 0 unspecified atom stereocenters. The Kier molecular flexibility index (Phi) is 2.72. The van der Waals surface area contributed by atoms with Crippen LogP contribution in [0.3, 0.4) is 0 Å². The van der Waals surface area contributed by atoms with Crippen molar-refractivity contribution in [2.24, 2.45) is 7.05 Å². The van der Waals surface area contributed by atoms with Gasteiger partial charge in [-0.1, -0.05) is 26.7 Å². The molecule has 3 heteroatoms. The minimum absolute atomic E-state index is 0.451. The molecule has 2 rings (SSSR count). The molecular formula is C12H21N3. The molecule has 84 valence electrons. The first-order valence-electron chi connectivity index (χ1n) is 5.93. The Labute approximate surface area is 91.7 Å². The van der Waals surface area contributed by atoms with E-state index in [0.717, 1.165) is 17.3 Å². The Balaban J connectivity index is 2.35. The molecule has 0 saturated heterocycles. The highest BCUT2D eigenvalue weighted by Crippen LogP contribution is 2.37. The van der Waals surface area contributed by atoms with Gasteiger partial charge in [0.05, 0.1) is 5.69 Å². The molecule has 0 aromatic carbocycles. The third-order valence-corrected chi connectivity index (χ3v) is 3.46. The van der Waals surface area contributed by atoms with Crippen molar-refractivity contribution in [3.8, 4) is 0 Å². The molecule has 1 fully saturated rings. The minimum Gasteiger partial charge on any atom is -0.384 e. The summed E-state index contributed by atoms with van der Waals surface area (Å²) >= 11 is 0. The van der Waals surface area contributed by atoms with Crippen LogP contribution >= 0.6 is 0 Å². The van der Waals surface area contributed by atoms with Gasteiger partial charge in [-0.25, -0.2) is 4.98 Å². The van der Waals surface area contributed by atoms with Crippen LogP contribution in [0, 0.1) is 0 Å². The number of hydrogen-bond donors (Lipinski definition) is 1. The van der Waals surface area contributed by atoms with Gasteiger partial charge in [0.15, 0.2) is 0 Å². The van der Waals surface area contributed by atoms with Gasteiger partial charge >= 0.3 is 0 Å². The van der Waals surface area contributed by atoms with E-state index in [9.17, 15) is 0 Å². The van der Waals surface area contributed by atoms with Crippen LogP contribution in [-0.4, -0.2) is 9.55 Å². The minimum atomic E-state index is 0.451. The first-order valence-corrected chi connectivity index (χ1v) is 5.93. The second-order valence-electron chi connectivity index (χ2n) is 4.94. The predicted octanol–water partition coefficient (Wildman–Crippen LogP) is 2.78. The number of aromatic nitrogens is 2. The molecule has 15 heavy (non-hydrogen) atoms. The van der Waals surface area contributed by atoms with Crippen molar-refractivity contribution in [2.75, 3.05) is 5.73 Å². The molecule has 0 amide bonds. The number of nitrogens with two attached hydrogens (primary N) is 1. The zero-order chi connectivity index (χ0) is 11.0. The molecule has 0 radical (unpaired) electrons. The number of hydrogen-bond acceptors (Lipinski definition) is 2. The molecule has 3 nitrogen and oxygen atoms in total. The van der Waals surface area contributed by atoms with Gasteiger partial charge in [0.25, 0.3) is 0 Å². The molecule has 2 N–H and O–H groups in total. The first-order chi connectivity index (χ1) is 7.11. The summed E-state index contributed by atoms with van der Waals surface area (Å²) in [5.41, 5.74) is 7.27. The lowest BCUT2D eigenvalue weighted by Crippen LogP contribution is -2.03. The maximum atomic E-state index is 6.12. The van der Waals surface area contributed by atoms with Crippen LogP contribution in [0.5, 0.6) is 0 Å². The fourth-order valence-electron chi connectivity index (χ4n) is 2.57. The Morgan fingerprint density at radius 2 is 1.93 bits per heavy atom. The molecular weight excluding hydrogens is 186 g/mol. The average Bonchev–Trinajstić information content (AvgIpc) is 2.77. The molecule has 0 bridgehead atoms. The van der Waals surface area contributed by atoms with Crippen molar-refractivity contribution in [1.29, 1.82) is 0 Å². The zero-order valence-electron chi connectivity index (χ0n) is 9.95. The lowest BCUT2D eigenvalue weighted by atomic mass is 10.0. The lowest BCUT2D eigenvalue weighted by molar-refractivity contribution is 0.688. The topological polar surface area (TPSA) is 43.8 Å². The third kappa shape index (κ3) is 1.75. The van der Waals surface area contributed by atoms with E-state index in [-0.39, 0.29) is 0 Å². The van der Waals surface area contributed by atoms with Crippen molar-refractivity contribution in [2.45, 2.75) is 51.4 Å². The molecule has 1 aliphatic carbocycles. The van der Waals surface area contributed by atoms with Gasteiger partial charge in [-0.2, -0.15) is 0 Å². The van der Waals surface area contributed by atoms with E-state index < -0.39 is 0 Å². The summed E-state index contributed by atoms with van der Waals surface area (Å²) in [7, 11) is 2.02. The van der Waals surface area contributed by atoms with Gasteiger partial charge in [0.1, 0.15) is 11.6 Å². The van der Waals surface area contributed by atoms with Gasteiger partial charge in [-0.15, -0.1) is 0 Å². The molecule has 1 heterocycles. The highest BCUT2D eigenvalue weighted by molar-refractivity contribution is 5.41. The van der Waals surface area contributed by atoms with Gasteiger partial charge in [-0.05, 0) is 12.8 Å². The second kappa shape index (κ2) is 3.87. The Hall–Kier alpha value is -0.990. The second-order valence-corrected chi connectivity index (χ2v) is 4.94. The molecule has 0 aliphatic heterocycles. The van der Waals surface area contributed by atoms with Crippen LogP contribution in [-0.2, 0) is 7.05 Å². The van der Waals surface area contributed by atoms with E-state index >= 15 is 0 Å². The Morgan fingerprint density at radius 3 is 2.40 bits per heavy atom. The molecule has 1 aromatic rings. The molecule has 0 spiro atoms. The van der Waals surface area contributed by atoms with Gasteiger partial charge in [-0.3, -0.25) is 0 Å². The van der Waals surface area contributed by atoms with Crippen molar-refractivity contribution in [3.05, 3.63) is 11.5 Å². The van der Waals surface area contributed by atoms with Crippen LogP contribution in [0.15, 0.2) is 0 Å². The van der Waals surface area contributed by atoms with Gasteiger partial charge in [0.2, 0.25) is 0 Å². The number of imidazole rings is 1. The van der Waals surface area contributed by atoms with Gasteiger partial charge < -0.3 is 10.3 Å². The summed E-state index contributed by atoms with van der Waals surface area (Å²) in [6.07, 6.45) is 5.19. The van der Waals surface area contributed by atoms with Crippen molar-refractivity contribution < 1.29 is 0 Å². The summed E-state index contributed by atoms with van der Waals surface area (Å²) in [6.45, 7) is 4.33. The van der Waals surface area contributed by atoms with Crippen LogP contribution in [0.25, 0.3) is 0 Å². The monoisotopic (exact) mass is 207 g/mol. The summed E-state index contributed by atoms with van der Waals surface area (Å²) in [5, 5.41) is 0. The zero-order valence-corrected chi connectivity index (χ0v) is 9.95. The summed E-state index contributed by atoms with van der Waals surface area (Å²) in [5.74, 6) is 3.07. The van der Waals surface area contributed by atoms with Crippen LogP contribution in [0.1, 0.15) is 62.9 Å². The maximum Gasteiger partial charge on any atom is 0.126 e. The van der Waals surface area contributed by atoms with E-state index in [1.165, 1.54) is 25.7 Å². The maximum absolute atomic E-state index is 6.12. The van der Waals surface area contributed by atoms with E-state index in [1.54, 1.807) is 0 Å². The third-order valence-electron chi connectivity index (χ3n) is 3.46. The predicted molar refractivity (Wildman–Crippen MR) is 62.9 cm³/mol. The van der Waals surface area contributed by atoms with E-state index in [1.807, 2.05) is 7.05 Å². The fourth-order valence-corrected chi connectivity index (χ4v) is 2.57. The smallest absolute Gasteiger partial charge is 0.126 e. The molecule has 1 aliphatic rings. The van der Waals surface area contributed by atoms with E-state index in [2.05, 4.69) is 18.4 Å². The fraction of sp³-hybridized carbons (Fsp3) is 0.750. The Bertz CT molecular complexity index is 346. The molecule has 0 atom stereocenters. The summed E-state index contributed by atoms with van der Waals surface area (Å²) in [6, 6.07) is 0. The van der Waals surface area contributed by atoms with Crippen molar-refractivity contribution in [3.63, 3.8) is 0 Å². The number of nitrogen functional groups attached to an aromatic ring is 1. The summed E-state index contributed by atoms with van der Waals surface area (Å²) < 4.78 is 2.05. The van der Waals surface area contributed by atoms with Crippen LogP contribution < -0.4 is 5.73 Å². The molecule has 1 saturated carbocycles. The Morgan fingerprint density at radius 1 is 1.33 bits per heavy atom. The van der Waals surface area contributed by atoms with Crippen molar-refractivity contribution in [1.82, 2.24) is 9.55 Å². The van der Waals surface area contributed by atoms with E-state index in [0.29, 0.717) is 11.8 Å². The van der Waals surface area contributed by atoms with Crippen LogP contribution in [0.2, 0.25) is 0 Å². The average molecular weight is 207 g/mol. The number of nitrogens with zero attached hydrogens (tertiary/aromatic N) is 2. The number of anilines is 1. The largest absolute Gasteiger partial charge is 0.384 e. The summed E-state index contributed by atoms with van der Waals surface area (Å²) in [4.78, 5) is 4.73. The number of rotatable bonds is 2. The SMILES string of the molecule is CC(C)c1nc(C2CCCC2)c(N)n1C. The highest BCUT2D eigenvalue weighted by atomic mass is 15.1. The normalized spacial score (nSPS) is 17.9.